The van der Waals surface area contributed by atoms with Gasteiger partial charge in [0.05, 0.1) is 4.90 Å². The highest BCUT2D eigenvalue weighted by Gasteiger charge is 2.37. The van der Waals surface area contributed by atoms with Gasteiger partial charge in [0.1, 0.15) is 0 Å². The molecule has 1 aliphatic heterocycles. The molecule has 118 valence electrons. The number of benzene rings is 1. The fourth-order valence-electron chi connectivity index (χ4n) is 2.92. The van der Waals surface area contributed by atoms with Crippen molar-refractivity contribution >= 4 is 26.0 Å². The third-order valence-electron chi connectivity index (χ3n) is 3.98. The zero-order valence-corrected chi connectivity index (χ0v) is 15.2. The second kappa shape index (κ2) is 6.77. The van der Waals surface area contributed by atoms with Crippen LogP contribution in [0.4, 0.5) is 0 Å². The van der Waals surface area contributed by atoms with Crippen LogP contribution < -0.4 is 5.32 Å². The van der Waals surface area contributed by atoms with Crippen LogP contribution in [-0.4, -0.2) is 32.4 Å². The monoisotopic (exact) mass is 374 g/mol. The van der Waals surface area contributed by atoms with Crippen molar-refractivity contribution in [2.75, 3.05) is 13.6 Å². The zero-order chi connectivity index (χ0) is 15.6. The summed E-state index contributed by atoms with van der Waals surface area (Å²) in [7, 11) is -1.56. The maximum Gasteiger partial charge on any atom is 0.244 e. The summed E-state index contributed by atoms with van der Waals surface area (Å²) < 4.78 is 28.2. The van der Waals surface area contributed by atoms with Gasteiger partial charge in [-0.25, -0.2) is 8.42 Å². The van der Waals surface area contributed by atoms with Gasteiger partial charge in [0.15, 0.2) is 0 Å². The Morgan fingerprint density at radius 3 is 2.71 bits per heavy atom. The number of hydrogen-bond acceptors (Lipinski definition) is 3. The van der Waals surface area contributed by atoms with Gasteiger partial charge in [-0.15, -0.1) is 0 Å². The molecule has 4 nitrogen and oxygen atoms in total. The first kappa shape index (κ1) is 16.9. The molecule has 1 saturated heterocycles. The van der Waals surface area contributed by atoms with Gasteiger partial charge >= 0.3 is 0 Å². The van der Waals surface area contributed by atoms with E-state index in [0.717, 1.165) is 24.9 Å². The minimum Gasteiger partial charge on any atom is -0.316 e. The van der Waals surface area contributed by atoms with E-state index in [1.54, 1.807) is 10.4 Å². The van der Waals surface area contributed by atoms with Crippen LogP contribution in [-0.2, 0) is 16.6 Å². The van der Waals surface area contributed by atoms with E-state index in [-0.39, 0.29) is 6.04 Å². The van der Waals surface area contributed by atoms with Gasteiger partial charge in [-0.1, -0.05) is 19.9 Å². The van der Waals surface area contributed by atoms with Crippen molar-refractivity contribution < 1.29 is 8.42 Å². The normalized spacial score (nSPS) is 20.3. The number of nitrogens with zero attached hydrogens (tertiary/aromatic N) is 1. The number of sulfonamides is 1. The van der Waals surface area contributed by atoms with Gasteiger partial charge in [-0.05, 0) is 59.4 Å². The quantitative estimate of drug-likeness (QED) is 0.861. The minimum atomic E-state index is -3.43. The maximum absolute atomic E-state index is 12.9. The molecule has 1 atom stereocenters. The van der Waals surface area contributed by atoms with E-state index < -0.39 is 10.0 Å². The van der Waals surface area contributed by atoms with E-state index in [1.165, 1.54) is 0 Å². The molecule has 0 amide bonds. The lowest BCUT2D eigenvalue weighted by atomic mass is 10.0. The predicted octanol–water partition coefficient (Wildman–Crippen LogP) is 2.98. The molecular formula is C15H23BrN2O2S. The van der Waals surface area contributed by atoms with Crippen molar-refractivity contribution in [2.45, 2.75) is 44.2 Å². The smallest absolute Gasteiger partial charge is 0.244 e. The van der Waals surface area contributed by atoms with Crippen LogP contribution in [0, 0.1) is 5.92 Å². The van der Waals surface area contributed by atoms with Crippen molar-refractivity contribution in [1.29, 1.82) is 0 Å². The summed E-state index contributed by atoms with van der Waals surface area (Å²) in [5, 5.41) is 3.07. The van der Waals surface area contributed by atoms with Crippen LogP contribution in [0.25, 0.3) is 0 Å². The molecule has 6 heteroatoms. The minimum absolute atomic E-state index is 0.110. The van der Waals surface area contributed by atoms with Gasteiger partial charge in [0.25, 0.3) is 0 Å². The van der Waals surface area contributed by atoms with E-state index in [4.69, 9.17) is 0 Å². The number of halogens is 1. The van der Waals surface area contributed by atoms with E-state index in [9.17, 15) is 8.42 Å². The number of rotatable bonds is 5. The van der Waals surface area contributed by atoms with Crippen LogP contribution in [0.15, 0.2) is 27.6 Å². The predicted molar refractivity (Wildman–Crippen MR) is 88.7 cm³/mol. The second-order valence-corrected chi connectivity index (χ2v) is 8.58. The van der Waals surface area contributed by atoms with Crippen molar-refractivity contribution in [1.82, 2.24) is 9.62 Å². The molecule has 0 radical (unpaired) electrons. The Hall–Kier alpha value is -0.430. The van der Waals surface area contributed by atoms with E-state index in [1.807, 2.05) is 19.2 Å². The highest BCUT2D eigenvalue weighted by atomic mass is 79.9. The molecule has 0 aromatic heterocycles. The lowest BCUT2D eigenvalue weighted by Crippen LogP contribution is -2.38. The number of hydrogen-bond donors (Lipinski definition) is 1. The summed E-state index contributed by atoms with van der Waals surface area (Å²) in [5.41, 5.74) is 1.06. The second-order valence-electron chi connectivity index (χ2n) is 5.86. The molecule has 0 saturated carbocycles. The van der Waals surface area contributed by atoms with Gasteiger partial charge in [-0.3, -0.25) is 0 Å². The van der Waals surface area contributed by atoms with Crippen molar-refractivity contribution in [3.63, 3.8) is 0 Å². The van der Waals surface area contributed by atoms with Crippen LogP contribution in [0.5, 0.6) is 0 Å². The van der Waals surface area contributed by atoms with Crippen LogP contribution in [0.3, 0.4) is 0 Å². The molecule has 0 bridgehead atoms. The molecule has 1 unspecified atom stereocenters. The molecule has 21 heavy (non-hydrogen) atoms. The topological polar surface area (TPSA) is 49.4 Å². The molecule has 0 spiro atoms. The first-order valence-electron chi connectivity index (χ1n) is 7.32. The Kier molecular flexibility index (Phi) is 5.46. The molecule has 1 aromatic carbocycles. The molecule has 1 aliphatic rings. The first-order valence-corrected chi connectivity index (χ1v) is 9.56. The fourth-order valence-corrected chi connectivity index (χ4v) is 5.84. The summed E-state index contributed by atoms with van der Waals surface area (Å²) in [5.74, 6) is 0.338. The van der Waals surface area contributed by atoms with E-state index >= 15 is 0 Å². The van der Waals surface area contributed by atoms with E-state index in [0.29, 0.717) is 21.8 Å². The average Bonchev–Trinajstić information content (AvgIpc) is 2.89. The Labute approximate surface area is 136 Å². The molecule has 1 aromatic rings. The van der Waals surface area contributed by atoms with Gasteiger partial charge in [0.2, 0.25) is 10.0 Å². The SMILES string of the molecule is CNCc1ccc(S(=O)(=O)N2CCCC2C(C)C)c(Br)c1. The third-order valence-corrected chi connectivity index (χ3v) is 6.88. The summed E-state index contributed by atoms with van der Waals surface area (Å²) in [6, 6.07) is 5.57. The lowest BCUT2D eigenvalue weighted by molar-refractivity contribution is 0.315. The molecule has 2 rings (SSSR count). The van der Waals surface area contributed by atoms with Crippen molar-refractivity contribution in [3.8, 4) is 0 Å². The Bertz CT molecular complexity index is 602. The van der Waals surface area contributed by atoms with Crippen molar-refractivity contribution in [3.05, 3.63) is 28.2 Å². The summed E-state index contributed by atoms with van der Waals surface area (Å²) >= 11 is 3.42. The molecule has 0 aliphatic carbocycles. The Morgan fingerprint density at radius 2 is 2.14 bits per heavy atom. The molecule has 1 N–H and O–H groups in total. The fraction of sp³-hybridized carbons (Fsp3) is 0.600. The molecular weight excluding hydrogens is 352 g/mol. The summed E-state index contributed by atoms with van der Waals surface area (Å²) in [6.45, 7) is 5.51. The average molecular weight is 375 g/mol. The van der Waals surface area contributed by atoms with Gasteiger partial charge in [-0.2, -0.15) is 4.31 Å². The number of nitrogens with one attached hydrogen (secondary N) is 1. The highest BCUT2D eigenvalue weighted by molar-refractivity contribution is 9.10. The lowest BCUT2D eigenvalue weighted by Gasteiger charge is -2.27. The molecule has 1 heterocycles. The maximum atomic E-state index is 12.9. The van der Waals surface area contributed by atoms with Crippen LogP contribution in [0.1, 0.15) is 32.3 Å². The van der Waals surface area contributed by atoms with Crippen LogP contribution >= 0.6 is 15.9 Å². The van der Waals surface area contributed by atoms with E-state index in [2.05, 4.69) is 35.1 Å². The van der Waals surface area contributed by atoms with Gasteiger partial charge < -0.3 is 5.32 Å². The Balaban J connectivity index is 2.35. The summed E-state index contributed by atoms with van der Waals surface area (Å²) in [4.78, 5) is 0.370. The molecule has 1 fully saturated rings. The van der Waals surface area contributed by atoms with Crippen LogP contribution in [0.2, 0.25) is 0 Å². The summed E-state index contributed by atoms with van der Waals surface area (Å²) in [6.07, 6.45) is 1.89. The highest BCUT2D eigenvalue weighted by Crippen LogP contribution is 2.33. The largest absolute Gasteiger partial charge is 0.316 e. The zero-order valence-electron chi connectivity index (χ0n) is 12.8. The van der Waals surface area contributed by atoms with Crippen molar-refractivity contribution in [2.24, 2.45) is 5.92 Å². The third kappa shape index (κ3) is 3.50. The Morgan fingerprint density at radius 1 is 1.43 bits per heavy atom. The van der Waals surface area contributed by atoms with Gasteiger partial charge in [0, 0.05) is 23.6 Å². The first-order chi connectivity index (χ1) is 9.87. The standard InChI is InChI=1S/C15H23BrN2O2S/c1-11(2)14-5-4-8-18(14)21(19,20)15-7-6-12(10-17-3)9-13(15)16/h6-7,9,11,14,17H,4-5,8,10H2,1-3H3.